The quantitative estimate of drug-likeness (QED) is 0.930. The van der Waals surface area contributed by atoms with Crippen LogP contribution in [-0.4, -0.2) is 29.3 Å². The summed E-state index contributed by atoms with van der Waals surface area (Å²) in [5, 5.41) is 0.904. The number of nitrogens with zero attached hydrogens (tertiary/aromatic N) is 2. The Morgan fingerprint density at radius 1 is 1.15 bits per heavy atom. The predicted octanol–water partition coefficient (Wildman–Crippen LogP) is 2.55. The first-order chi connectivity index (χ1) is 9.76. The van der Waals surface area contributed by atoms with E-state index in [4.69, 9.17) is 15.2 Å². The minimum Gasteiger partial charge on any atom is -0.474 e. The summed E-state index contributed by atoms with van der Waals surface area (Å²) in [7, 11) is 1.76. The van der Waals surface area contributed by atoms with Crippen LogP contribution in [-0.2, 0) is 4.74 Å². The average Bonchev–Trinajstić information content (AvgIpc) is 2.47. The number of para-hydroxylation sites is 1. The maximum atomic E-state index is 6.07. The van der Waals surface area contributed by atoms with E-state index in [1.165, 1.54) is 0 Å². The average molecular weight is 273 g/mol. The first kappa shape index (κ1) is 13.1. The van der Waals surface area contributed by atoms with Crippen LogP contribution in [0.25, 0.3) is 10.9 Å². The summed E-state index contributed by atoms with van der Waals surface area (Å²) in [6.07, 6.45) is 4.54. The van der Waals surface area contributed by atoms with Crippen LogP contribution in [0.5, 0.6) is 5.88 Å². The molecule has 106 valence electrons. The molecule has 2 N–H and O–H groups in total. The third-order valence-electron chi connectivity index (χ3n) is 3.78. The van der Waals surface area contributed by atoms with Crippen LogP contribution in [0, 0.1) is 0 Å². The molecule has 2 atom stereocenters. The van der Waals surface area contributed by atoms with E-state index in [2.05, 4.69) is 9.97 Å². The standard InChI is InChI=1S/C15H19N3O2/c1-19-10-5-4-6-11(9-10)20-14-12-7-2-3-8-13(12)17-15(16)18-14/h2-3,7-8,10-11H,4-6,9H2,1H3,(H2,16,17,18). The van der Waals surface area contributed by atoms with Crippen LogP contribution >= 0.6 is 0 Å². The van der Waals surface area contributed by atoms with Gasteiger partial charge in [0.15, 0.2) is 0 Å². The van der Waals surface area contributed by atoms with Gasteiger partial charge >= 0.3 is 0 Å². The summed E-state index contributed by atoms with van der Waals surface area (Å²) in [6.45, 7) is 0. The Morgan fingerprint density at radius 2 is 1.95 bits per heavy atom. The first-order valence-corrected chi connectivity index (χ1v) is 6.98. The van der Waals surface area contributed by atoms with E-state index in [0.29, 0.717) is 5.88 Å². The fourth-order valence-electron chi connectivity index (χ4n) is 2.74. The van der Waals surface area contributed by atoms with E-state index in [9.17, 15) is 0 Å². The van der Waals surface area contributed by atoms with Crippen molar-refractivity contribution in [3.63, 3.8) is 0 Å². The molecule has 2 unspecified atom stereocenters. The number of nitrogen functional groups attached to an aromatic ring is 1. The van der Waals surface area contributed by atoms with Gasteiger partial charge in [-0.15, -0.1) is 0 Å². The Balaban J connectivity index is 1.86. The van der Waals surface area contributed by atoms with E-state index in [-0.39, 0.29) is 18.2 Å². The van der Waals surface area contributed by atoms with Crippen molar-refractivity contribution in [3.8, 4) is 5.88 Å². The topological polar surface area (TPSA) is 70.3 Å². The van der Waals surface area contributed by atoms with Gasteiger partial charge in [0.2, 0.25) is 11.8 Å². The van der Waals surface area contributed by atoms with E-state index < -0.39 is 0 Å². The van der Waals surface area contributed by atoms with Crippen molar-refractivity contribution < 1.29 is 9.47 Å². The summed E-state index contributed by atoms with van der Waals surface area (Å²) < 4.78 is 11.5. The second kappa shape index (κ2) is 5.63. The van der Waals surface area contributed by atoms with E-state index >= 15 is 0 Å². The third kappa shape index (κ3) is 2.67. The molecule has 0 spiro atoms. The lowest BCUT2D eigenvalue weighted by molar-refractivity contribution is 0.0201. The van der Waals surface area contributed by atoms with Gasteiger partial charge in [0.1, 0.15) is 6.10 Å². The maximum absolute atomic E-state index is 6.07. The molecule has 5 nitrogen and oxygen atoms in total. The minimum absolute atomic E-state index is 0.131. The molecular weight excluding hydrogens is 254 g/mol. The fraction of sp³-hybridized carbons (Fsp3) is 0.467. The summed E-state index contributed by atoms with van der Waals surface area (Å²) in [4.78, 5) is 8.47. The van der Waals surface area contributed by atoms with Crippen LogP contribution < -0.4 is 10.5 Å². The highest BCUT2D eigenvalue weighted by Gasteiger charge is 2.24. The van der Waals surface area contributed by atoms with E-state index in [1.54, 1.807) is 7.11 Å². The number of nitrogens with two attached hydrogens (primary N) is 1. The Hall–Kier alpha value is -1.88. The third-order valence-corrected chi connectivity index (χ3v) is 3.78. The van der Waals surface area contributed by atoms with Gasteiger partial charge in [-0.3, -0.25) is 0 Å². The van der Waals surface area contributed by atoms with Gasteiger partial charge in [-0.2, -0.15) is 4.98 Å². The van der Waals surface area contributed by atoms with Crippen molar-refractivity contribution in [1.29, 1.82) is 0 Å². The van der Waals surface area contributed by atoms with Crippen molar-refractivity contribution in [3.05, 3.63) is 24.3 Å². The minimum atomic E-state index is 0.131. The van der Waals surface area contributed by atoms with Gasteiger partial charge in [-0.05, 0) is 31.4 Å². The second-order valence-electron chi connectivity index (χ2n) is 5.17. The molecule has 0 aliphatic heterocycles. The molecular formula is C15H19N3O2. The van der Waals surface area contributed by atoms with Gasteiger partial charge in [0, 0.05) is 13.5 Å². The molecule has 3 rings (SSSR count). The Kier molecular flexibility index (Phi) is 3.69. The Bertz CT molecular complexity index is 603. The molecule has 1 aromatic heterocycles. The molecule has 2 aromatic rings. The number of hydrogen-bond donors (Lipinski definition) is 1. The van der Waals surface area contributed by atoms with Crippen molar-refractivity contribution >= 4 is 16.9 Å². The highest BCUT2D eigenvalue weighted by molar-refractivity contribution is 5.84. The van der Waals surface area contributed by atoms with Crippen LogP contribution in [0.15, 0.2) is 24.3 Å². The summed E-state index contributed by atoms with van der Waals surface area (Å²) in [5.41, 5.74) is 6.57. The molecule has 0 amide bonds. The first-order valence-electron chi connectivity index (χ1n) is 6.98. The highest BCUT2D eigenvalue weighted by Crippen LogP contribution is 2.28. The van der Waals surface area contributed by atoms with E-state index in [1.807, 2.05) is 24.3 Å². The summed E-state index contributed by atoms with van der Waals surface area (Å²) >= 11 is 0. The lowest BCUT2D eigenvalue weighted by Crippen LogP contribution is -2.29. The fourth-order valence-corrected chi connectivity index (χ4v) is 2.74. The zero-order chi connectivity index (χ0) is 13.9. The Morgan fingerprint density at radius 3 is 2.80 bits per heavy atom. The number of methoxy groups -OCH3 is 1. The van der Waals surface area contributed by atoms with Crippen molar-refractivity contribution in [2.45, 2.75) is 37.9 Å². The highest BCUT2D eigenvalue weighted by atomic mass is 16.5. The van der Waals surface area contributed by atoms with Gasteiger partial charge in [0.25, 0.3) is 0 Å². The Labute approximate surface area is 118 Å². The molecule has 5 heteroatoms. The number of rotatable bonds is 3. The van der Waals surface area contributed by atoms with Crippen LogP contribution in [0.4, 0.5) is 5.95 Å². The zero-order valence-electron chi connectivity index (χ0n) is 11.6. The molecule has 1 aromatic carbocycles. The number of benzene rings is 1. The molecule has 1 aliphatic carbocycles. The number of aromatic nitrogens is 2. The lowest BCUT2D eigenvalue weighted by atomic mass is 9.95. The molecule has 0 bridgehead atoms. The smallest absolute Gasteiger partial charge is 0.226 e. The summed E-state index contributed by atoms with van der Waals surface area (Å²) in [5.74, 6) is 0.827. The van der Waals surface area contributed by atoms with Crippen molar-refractivity contribution in [1.82, 2.24) is 9.97 Å². The van der Waals surface area contributed by atoms with Crippen LogP contribution in [0.1, 0.15) is 25.7 Å². The molecule has 0 saturated heterocycles. The molecule has 1 aliphatic rings. The largest absolute Gasteiger partial charge is 0.474 e. The predicted molar refractivity (Wildman–Crippen MR) is 77.6 cm³/mol. The van der Waals surface area contributed by atoms with Crippen molar-refractivity contribution in [2.75, 3.05) is 12.8 Å². The SMILES string of the molecule is COC1CCCC(Oc2nc(N)nc3ccccc23)C1. The van der Waals surface area contributed by atoms with Gasteiger partial charge < -0.3 is 15.2 Å². The monoisotopic (exact) mass is 273 g/mol. The number of hydrogen-bond acceptors (Lipinski definition) is 5. The lowest BCUT2D eigenvalue weighted by Gasteiger charge is -2.28. The number of fused-ring (bicyclic) bond motifs is 1. The van der Waals surface area contributed by atoms with Gasteiger partial charge in [-0.1, -0.05) is 12.1 Å². The molecule has 1 fully saturated rings. The van der Waals surface area contributed by atoms with Gasteiger partial charge in [0.05, 0.1) is 17.0 Å². The number of ether oxygens (including phenoxy) is 2. The summed E-state index contributed by atoms with van der Waals surface area (Å²) in [6, 6.07) is 7.76. The van der Waals surface area contributed by atoms with Crippen LogP contribution in [0.2, 0.25) is 0 Å². The zero-order valence-corrected chi connectivity index (χ0v) is 11.6. The van der Waals surface area contributed by atoms with E-state index in [0.717, 1.165) is 36.6 Å². The van der Waals surface area contributed by atoms with Crippen LogP contribution in [0.3, 0.4) is 0 Å². The van der Waals surface area contributed by atoms with Gasteiger partial charge in [-0.25, -0.2) is 4.98 Å². The molecule has 1 heterocycles. The number of anilines is 1. The normalized spacial score (nSPS) is 22.9. The molecule has 0 radical (unpaired) electrons. The molecule has 20 heavy (non-hydrogen) atoms. The van der Waals surface area contributed by atoms with Crippen molar-refractivity contribution in [2.24, 2.45) is 0 Å². The molecule has 1 saturated carbocycles. The maximum Gasteiger partial charge on any atom is 0.226 e. The second-order valence-corrected chi connectivity index (χ2v) is 5.17.